The summed E-state index contributed by atoms with van der Waals surface area (Å²) in [5.74, 6) is 1.55. The summed E-state index contributed by atoms with van der Waals surface area (Å²) in [5, 5.41) is 21.1. The summed E-state index contributed by atoms with van der Waals surface area (Å²) in [7, 11) is 0. The minimum atomic E-state index is -0.479. The summed E-state index contributed by atoms with van der Waals surface area (Å²) >= 11 is 1.71. The number of amides is 2. The zero-order chi connectivity index (χ0) is 21.8. The highest BCUT2D eigenvalue weighted by Gasteiger charge is 2.25. The number of hydrogen-bond donors (Lipinski definition) is 2. The minimum Gasteiger partial charge on any atom is -0.376 e. The fraction of sp³-hybridized carbons (Fsp3) is 0.450. The topological polar surface area (TPSA) is 128 Å². The van der Waals surface area contributed by atoms with Crippen molar-refractivity contribution >= 4 is 35.1 Å². The molecule has 0 saturated carbocycles. The van der Waals surface area contributed by atoms with Crippen molar-refractivity contribution in [1.82, 2.24) is 15.1 Å². The minimum absolute atomic E-state index is 0.0114. The molecule has 4 rings (SSSR count). The number of anilines is 1. The molecule has 2 aromatic rings. The van der Waals surface area contributed by atoms with Crippen molar-refractivity contribution in [1.29, 1.82) is 0 Å². The average Bonchev–Trinajstić information content (AvgIpc) is 3.47. The molecule has 1 fully saturated rings. The highest BCUT2D eigenvalue weighted by atomic mass is 32.2. The average molecular weight is 446 g/mol. The van der Waals surface area contributed by atoms with E-state index in [4.69, 9.17) is 4.74 Å². The summed E-state index contributed by atoms with van der Waals surface area (Å²) in [6, 6.07) is 5.88. The van der Waals surface area contributed by atoms with Gasteiger partial charge >= 0.3 is 0 Å². The van der Waals surface area contributed by atoms with E-state index in [-0.39, 0.29) is 36.6 Å². The van der Waals surface area contributed by atoms with Crippen LogP contribution in [0.2, 0.25) is 0 Å². The Kier molecular flexibility index (Phi) is 6.52. The maximum Gasteiger partial charge on any atom is 0.269 e. The van der Waals surface area contributed by atoms with E-state index in [0.29, 0.717) is 17.9 Å². The number of benzene rings is 1. The molecule has 2 N–H and O–H groups in total. The van der Waals surface area contributed by atoms with Crippen LogP contribution >= 0.6 is 11.8 Å². The SMILES string of the molecule is O=C(Cn1nc2c(c1NC(=O)Cc1ccc([N+](=O)[O-])cc1)CSC2)NCC1CCCO1. The molecule has 31 heavy (non-hydrogen) atoms. The number of nitrogens with zero attached hydrogens (tertiary/aromatic N) is 3. The second-order valence-corrected chi connectivity index (χ2v) is 8.50. The van der Waals surface area contributed by atoms with Gasteiger partial charge in [-0.15, -0.1) is 0 Å². The molecule has 2 aliphatic heterocycles. The molecule has 0 aliphatic carbocycles. The largest absolute Gasteiger partial charge is 0.376 e. The predicted octanol–water partition coefficient (Wildman–Crippen LogP) is 2.01. The van der Waals surface area contributed by atoms with Crippen molar-refractivity contribution in [3.05, 3.63) is 51.2 Å². The van der Waals surface area contributed by atoms with Gasteiger partial charge in [0.2, 0.25) is 11.8 Å². The number of non-ortho nitro benzene ring substituents is 1. The number of thioether (sulfide) groups is 1. The molecular formula is C20H23N5O5S. The second kappa shape index (κ2) is 9.48. The van der Waals surface area contributed by atoms with Crippen LogP contribution in [0, 0.1) is 10.1 Å². The molecule has 1 aromatic carbocycles. The van der Waals surface area contributed by atoms with E-state index in [1.54, 1.807) is 28.6 Å². The summed E-state index contributed by atoms with van der Waals surface area (Å²) in [6.07, 6.45) is 2.08. The van der Waals surface area contributed by atoms with E-state index in [1.165, 1.54) is 12.1 Å². The quantitative estimate of drug-likeness (QED) is 0.470. The standard InChI is InChI=1S/C20H23N5O5S/c26-18(8-13-3-5-14(6-4-13)25(28)29)22-20-16-11-31-12-17(16)23-24(20)10-19(27)21-9-15-2-1-7-30-15/h3-6,15H,1-2,7-12H2,(H,21,27)(H,22,26). The van der Waals surface area contributed by atoms with Gasteiger partial charge in [0.25, 0.3) is 5.69 Å². The van der Waals surface area contributed by atoms with Gasteiger partial charge in [0.05, 0.1) is 23.1 Å². The van der Waals surface area contributed by atoms with Crippen LogP contribution in [0.5, 0.6) is 0 Å². The van der Waals surface area contributed by atoms with E-state index in [9.17, 15) is 19.7 Å². The molecule has 1 aromatic heterocycles. The number of nitrogens with one attached hydrogen (secondary N) is 2. The van der Waals surface area contributed by atoms with Crippen LogP contribution in [-0.4, -0.2) is 45.8 Å². The Morgan fingerprint density at radius 3 is 2.77 bits per heavy atom. The fourth-order valence-corrected chi connectivity index (χ4v) is 4.68. The number of fused-ring (bicyclic) bond motifs is 1. The van der Waals surface area contributed by atoms with Crippen LogP contribution in [-0.2, 0) is 38.8 Å². The first-order chi connectivity index (χ1) is 15.0. The van der Waals surface area contributed by atoms with Gasteiger partial charge in [-0.05, 0) is 18.4 Å². The second-order valence-electron chi connectivity index (χ2n) is 7.51. The highest BCUT2D eigenvalue weighted by molar-refractivity contribution is 7.98. The Balaban J connectivity index is 1.40. The molecule has 3 heterocycles. The lowest BCUT2D eigenvalue weighted by atomic mass is 10.1. The third-order valence-corrected chi connectivity index (χ3v) is 6.20. The van der Waals surface area contributed by atoms with Crippen LogP contribution in [0.1, 0.15) is 29.7 Å². The number of rotatable bonds is 8. The first-order valence-corrected chi connectivity index (χ1v) is 11.2. The summed E-state index contributed by atoms with van der Waals surface area (Å²) in [4.78, 5) is 35.3. The summed E-state index contributed by atoms with van der Waals surface area (Å²) in [5.41, 5.74) is 2.46. The maximum absolute atomic E-state index is 12.6. The maximum atomic E-state index is 12.6. The zero-order valence-electron chi connectivity index (χ0n) is 16.8. The molecular weight excluding hydrogens is 422 g/mol. The van der Waals surface area contributed by atoms with Gasteiger partial charge in [-0.3, -0.25) is 19.7 Å². The number of aromatic nitrogens is 2. The molecule has 10 nitrogen and oxygen atoms in total. The number of nitro benzene ring substituents is 1. The first kappa shape index (κ1) is 21.3. The van der Waals surface area contributed by atoms with E-state index >= 15 is 0 Å². The highest BCUT2D eigenvalue weighted by Crippen LogP contribution is 2.34. The van der Waals surface area contributed by atoms with E-state index in [1.807, 2.05) is 0 Å². The predicted molar refractivity (Wildman–Crippen MR) is 115 cm³/mol. The third kappa shape index (κ3) is 5.23. The van der Waals surface area contributed by atoms with Crippen molar-refractivity contribution in [2.45, 2.75) is 43.4 Å². The van der Waals surface area contributed by atoms with E-state index in [0.717, 1.165) is 42.2 Å². The number of nitro groups is 1. The third-order valence-electron chi connectivity index (χ3n) is 5.23. The Hall–Kier alpha value is -2.92. The Morgan fingerprint density at radius 2 is 2.06 bits per heavy atom. The monoisotopic (exact) mass is 445 g/mol. The lowest BCUT2D eigenvalue weighted by Gasteiger charge is -2.13. The van der Waals surface area contributed by atoms with Gasteiger partial charge in [-0.1, -0.05) is 12.1 Å². The van der Waals surface area contributed by atoms with Gasteiger partial charge < -0.3 is 15.4 Å². The smallest absolute Gasteiger partial charge is 0.269 e. The van der Waals surface area contributed by atoms with E-state index in [2.05, 4.69) is 15.7 Å². The molecule has 1 unspecified atom stereocenters. The van der Waals surface area contributed by atoms with Crippen LogP contribution < -0.4 is 10.6 Å². The molecule has 1 atom stereocenters. The Labute approximate surface area is 182 Å². The molecule has 2 amide bonds. The normalized spacial score (nSPS) is 17.4. The van der Waals surface area contributed by atoms with E-state index < -0.39 is 4.92 Å². The Bertz CT molecular complexity index is 985. The lowest BCUT2D eigenvalue weighted by molar-refractivity contribution is -0.384. The number of carbonyl (C=O) groups is 2. The molecule has 0 radical (unpaired) electrons. The molecule has 2 aliphatic rings. The summed E-state index contributed by atoms with van der Waals surface area (Å²) in [6.45, 7) is 1.21. The zero-order valence-corrected chi connectivity index (χ0v) is 17.7. The van der Waals surface area contributed by atoms with Gasteiger partial charge in [0, 0.05) is 42.4 Å². The van der Waals surface area contributed by atoms with Crippen molar-refractivity contribution < 1.29 is 19.2 Å². The molecule has 0 spiro atoms. The van der Waals surface area contributed by atoms with Crippen molar-refractivity contribution in [3.63, 3.8) is 0 Å². The van der Waals surface area contributed by atoms with Crippen LogP contribution in [0.3, 0.4) is 0 Å². The van der Waals surface area contributed by atoms with Crippen LogP contribution in [0.4, 0.5) is 11.5 Å². The first-order valence-electron chi connectivity index (χ1n) is 10.1. The lowest BCUT2D eigenvalue weighted by Crippen LogP contribution is -2.34. The van der Waals surface area contributed by atoms with Gasteiger partial charge in [0.15, 0.2) is 0 Å². The van der Waals surface area contributed by atoms with Crippen molar-refractivity contribution in [3.8, 4) is 0 Å². The van der Waals surface area contributed by atoms with Crippen LogP contribution in [0.15, 0.2) is 24.3 Å². The molecule has 164 valence electrons. The van der Waals surface area contributed by atoms with Gasteiger partial charge in [-0.25, -0.2) is 4.68 Å². The van der Waals surface area contributed by atoms with Gasteiger partial charge in [0.1, 0.15) is 12.4 Å². The van der Waals surface area contributed by atoms with Crippen molar-refractivity contribution in [2.75, 3.05) is 18.5 Å². The molecule has 1 saturated heterocycles. The van der Waals surface area contributed by atoms with Crippen LogP contribution in [0.25, 0.3) is 0 Å². The molecule has 0 bridgehead atoms. The van der Waals surface area contributed by atoms with Crippen molar-refractivity contribution in [2.24, 2.45) is 0 Å². The van der Waals surface area contributed by atoms with Gasteiger partial charge in [-0.2, -0.15) is 16.9 Å². The summed E-state index contributed by atoms with van der Waals surface area (Å²) < 4.78 is 7.07. The number of ether oxygens (including phenoxy) is 1. The number of hydrogen-bond acceptors (Lipinski definition) is 7. The number of carbonyl (C=O) groups excluding carboxylic acids is 2. The fourth-order valence-electron chi connectivity index (χ4n) is 3.64. The Morgan fingerprint density at radius 1 is 1.26 bits per heavy atom. The molecule has 11 heteroatoms.